The van der Waals surface area contributed by atoms with E-state index in [1.54, 1.807) is 0 Å². The topological polar surface area (TPSA) is 38.7 Å². The molecule has 3 nitrogen and oxygen atoms in total. The van der Waals surface area contributed by atoms with Gasteiger partial charge in [-0.2, -0.15) is 0 Å². The molecule has 2 saturated heterocycles. The highest BCUT2D eigenvalue weighted by molar-refractivity contribution is 4.89. The van der Waals surface area contributed by atoms with Crippen molar-refractivity contribution in [2.24, 2.45) is 5.41 Å². The van der Waals surface area contributed by atoms with E-state index in [-0.39, 0.29) is 18.1 Å². The average molecular weight is 172 g/mol. The molecule has 0 aromatic rings. The van der Waals surface area contributed by atoms with E-state index in [1.165, 1.54) is 6.42 Å². The van der Waals surface area contributed by atoms with Gasteiger partial charge in [0, 0.05) is 12.0 Å². The largest absolute Gasteiger partial charge is 0.394 e. The number of aliphatic hydroxyl groups excluding tert-OH is 1. The van der Waals surface area contributed by atoms with E-state index in [9.17, 15) is 0 Å². The van der Waals surface area contributed by atoms with Gasteiger partial charge in [0.1, 0.15) is 0 Å². The van der Waals surface area contributed by atoms with Crippen molar-refractivity contribution < 1.29 is 14.6 Å². The fourth-order valence-electron chi connectivity index (χ4n) is 2.20. The van der Waals surface area contributed by atoms with Crippen LogP contribution in [-0.2, 0) is 9.47 Å². The van der Waals surface area contributed by atoms with E-state index in [1.807, 2.05) is 0 Å². The lowest BCUT2D eigenvalue weighted by molar-refractivity contribution is -0.0148. The molecule has 12 heavy (non-hydrogen) atoms. The Kier molecular flexibility index (Phi) is 2.35. The summed E-state index contributed by atoms with van der Waals surface area (Å²) in [7, 11) is 0. The van der Waals surface area contributed by atoms with Gasteiger partial charge in [0.15, 0.2) is 0 Å². The van der Waals surface area contributed by atoms with Crippen LogP contribution in [0.1, 0.15) is 19.3 Å². The van der Waals surface area contributed by atoms with E-state index in [4.69, 9.17) is 14.6 Å². The Hall–Kier alpha value is -0.120. The number of aliphatic hydroxyl groups is 1. The van der Waals surface area contributed by atoms with E-state index in [2.05, 4.69) is 0 Å². The van der Waals surface area contributed by atoms with Crippen LogP contribution >= 0.6 is 0 Å². The molecular weight excluding hydrogens is 156 g/mol. The number of ether oxygens (including phenoxy) is 2. The minimum Gasteiger partial charge on any atom is -0.394 e. The van der Waals surface area contributed by atoms with Crippen LogP contribution in [0.15, 0.2) is 0 Å². The lowest BCUT2D eigenvalue weighted by atomic mass is 9.81. The van der Waals surface area contributed by atoms with Crippen molar-refractivity contribution in [3.63, 3.8) is 0 Å². The normalized spacial score (nSPS) is 42.2. The molecule has 0 radical (unpaired) electrons. The molecule has 0 bridgehead atoms. The maximum absolute atomic E-state index is 8.91. The van der Waals surface area contributed by atoms with Gasteiger partial charge in [-0.05, 0) is 19.3 Å². The first kappa shape index (κ1) is 8.48. The van der Waals surface area contributed by atoms with Gasteiger partial charge < -0.3 is 14.6 Å². The standard InChI is InChI=1S/C9H16O3/c10-5-8-4-9(7-12-8)2-1-3-11-6-9/h8,10H,1-7H2/t8-,9-/m1/s1. The Morgan fingerprint density at radius 2 is 2.33 bits per heavy atom. The van der Waals surface area contributed by atoms with Crippen LogP contribution in [0.2, 0.25) is 0 Å². The highest BCUT2D eigenvalue weighted by Gasteiger charge is 2.41. The first-order valence-corrected chi connectivity index (χ1v) is 4.65. The Bertz CT molecular complexity index is 152. The van der Waals surface area contributed by atoms with Crippen LogP contribution in [0.3, 0.4) is 0 Å². The Labute approximate surface area is 72.7 Å². The van der Waals surface area contributed by atoms with Crippen LogP contribution in [0.5, 0.6) is 0 Å². The lowest BCUT2D eigenvalue weighted by Gasteiger charge is -2.31. The molecule has 0 aromatic carbocycles. The highest BCUT2D eigenvalue weighted by Crippen LogP contribution is 2.39. The zero-order valence-corrected chi connectivity index (χ0v) is 7.29. The summed E-state index contributed by atoms with van der Waals surface area (Å²) in [6.07, 6.45) is 3.38. The van der Waals surface area contributed by atoms with Crippen LogP contribution in [0.25, 0.3) is 0 Å². The summed E-state index contributed by atoms with van der Waals surface area (Å²) in [5, 5.41) is 8.91. The van der Waals surface area contributed by atoms with Gasteiger partial charge in [-0.25, -0.2) is 0 Å². The van der Waals surface area contributed by atoms with Gasteiger partial charge >= 0.3 is 0 Å². The summed E-state index contributed by atoms with van der Waals surface area (Å²) >= 11 is 0. The monoisotopic (exact) mass is 172 g/mol. The molecule has 0 unspecified atom stereocenters. The van der Waals surface area contributed by atoms with Gasteiger partial charge in [0.2, 0.25) is 0 Å². The molecule has 2 aliphatic rings. The molecule has 0 saturated carbocycles. The molecule has 0 aromatic heterocycles. The van der Waals surface area contributed by atoms with Gasteiger partial charge in [0.05, 0.1) is 25.9 Å². The van der Waals surface area contributed by atoms with Gasteiger partial charge in [-0.1, -0.05) is 0 Å². The summed E-state index contributed by atoms with van der Waals surface area (Å²) in [4.78, 5) is 0. The fourth-order valence-corrected chi connectivity index (χ4v) is 2.20. The van der Waals surface area contributed by atoms with Gasteiger partial charge in [-0.15, -0.1) is 0 Å². The fraction of sp³-hybridized carbons (Fsp3) is 1.00. The van der Waals surface area contributed by atoms with E-state index >= 15 is 0 Å². The highest BCUT2D eigenvalue weighted by atomic mass is 16.5. The van der Waals surface area contributed by atoms with E-state index < -0.39 is 0 Å². The second-order valence-corrected chi connectivity index (χ2v) is 3.98. The molecule has 1 spiro atoms. The number of hydrogen-bond donors (Lipinski definition) is 1. The predicted molar refractivity (Wildman–Crippen MR) is 43.9 cm³/mol. The zero-order chi connectivity index (χ0) is 8.44. The number of rotatable bonds is 1. The van der Waals surface area contributed by atoms with E-state index in [0.717, 1.165) is 32.7 Å². The van der Waals surface area contributed by atoms with E-state index in [0.29, 0.717) is 0 Å². The maximum Gasteiger partial charge on any atom is 0.0813 e. The second kappa shape index (κ2) is 3.32. The molecular formula is C9H16O3. The summed E-state index contributed by atoms with van der Waals surface area (Å²) in [6.45, 7) is 2.65. The van der Waals surface area contributed by atoms with Crippen molar-refractivity contribution in [3.8, 4) is 0 Å². The predicted octanol–water partition coefficient (Wildman–Crippen LogP) is 0.564. The average Bonchev–Trinajstić information content (AvgIpc) is 2.50. The van der Waals surface area contributed by atoms with Gasteiger partial charge in [0.25, 0.3) is 0 Å². The molecule has 2 fully saturated rings. The minimum atomic E-state index is 0.0618. The molecule has 2 atom stereocenters. The second-order valence-electron chi connectivity index (χ2n) is 3.98. The van der Waals surface area contributed by atoms with Crippen molar-refractivity contribution in [1.29, 1.82) is 0 Å². The SMILES string of the molecule is OC[C@H]1C[C@@]2(CCCOC2)CO1. The molecule has 70 valence electrons. The zero-order valence-electron chi connectivity index (χ0n) is 7.29. The van der Waals surface area contributed by atoms with Crippen molar-refractivity contribution >= 4 is 0 Å². The van der Waals surface area contributed by atoms with Crippen LogP contribution in [-0.4, -0.2) is 37.6 Å². The lowest BCUT2D eigenvalue weighted by Crippen LogP contribution is -2.32. The first-order valence-electron chi connectivity index (χ1n) is 4.65. The van der Waals surface area contributed by atoms with Crippen molar-refractivity contribution in [3.05, 3.63) is 0 Å². The Morgan fingerprint density at radius 3 is 2.92 bits per heavy atom. The van der Waals surface area contributed by atoms with Crippen LogP contribution < -0.4 is 0 Å². The minimum absolute atomic E-state index is 0.0618. The summed E-state index contributed by atoms with van der Waals surface area (Å²) < 4.78 is 10.9. The van der Waals surface area contributed by atoms with Crippen LogP contribution in [0.4, 0.5) is 0 Å². The van der Waals surface area contributed by atoms with Crippen molar-refractivity contribution in [2.45, 2.75) is 25.4 Å². The Balaban J connectivity index is 1.94. The molecule has 2 rings (SSSR count). The third-order valence-electron chi connectivity index (χ3n) is 2.89. The number of hydrogen-bond acceptors (Lipinski definition) is 3. The van der Waals surface area contributed by atoms with Crippen molar-refractivity contribution in [2.75, 3.05) is 26.4 Å². The van der Waals surface area contributed by atoms with Crippen LogP contribution in [0, 0.1) is 5.41 Å². The summed E-state index contributed by atoms with van der Waals surface area (Å²) in [6, 6.07) is 0. The molecule has 2 aliphatic heterocycles. The van der Waals surface area contributed by atoms with Crippen molar-refractivity contribution in [1.82, 2.24) is 0 Å². The third-order valence-corrected chi connectivity index (χ3v) is 2.89. The Morgan fingerprint density at radius 1 is 1.42 bits per heavy atom. The quantitative estimate of drug-likeness (QED) is 0.628. The molecule has 0 aliphatic carbocycles. The van der Waals surface area contributed by atoms with Gasteiger partial charge in [-0.3, -0.25) is 0 Å². The molecule has 1 N–H and O–H groups in total. The summed E-state index contributed by atoms with van der Waals surface area (Å²) in [5.74, 6) is 0. The third kappa shape index (κ3) is 1.49. The smallest absolute Gasteiger partial charge is 0.0813 e. The first-order chi connectivity index (χ1) is 5.85. The molecule has 2 heterocycles. The molecule has 0 amide bonds. The summed E-state index contributed by atoms with van der Waals surface area (Å²) in [5.41, 5.74) is 0.242. The maximum atomic E-state index is 8.91. The molecule has 3 heteroatoms.